The number of benzene rings is 1. The molecule has 0 saturated carbocycles. The van der Waals surface area contributed by atoms with Crippen LogP contribution in [0.3, 0.4) is 0 Å². The second kappa shape index (κ2) is 6.90. The lowest BCUT2D eigenvalue weighted by Gasteiger charge is -2.10. The molecule has 1 aromatic carbocycles. The van der Waals surface area contributed by atoms with Crippen molar-refractivity contribution in [2.75, 3.05) is 25.1 Å². The Balaban J connectivity index is 2.93. The molecule has 0 radical (unpaired) electrons. The highest BCUT2D eigenvalue weighted by atomic mass is 32.2. The summed E-state index contributed by atoms with van der Waals surface area (Å²) in [6.07, 6.45) is 0. The molecule has 5 nitrogen and oxygen atoms in total. The molecule has 1 rings (SSSR count). The first kappa shape index (κ1) is 14.4. The summed E-state index contributed by atoms with van der Waals surface area (Å²) in [6, 6.07) is 5.01. The van der Waals surface area contributed by atoms with Gasteiger partial charge in [0.05, 0.1) is 17.9 Å². The number of ether oxygens (including phenoxy) is 1. The van der Waals surface area contributed by atoms with Crippen molar-refractivity contribution in [2.24, 2.45) is 0 Å². The number of hydrogen-bond donors (Lipinski definition) is 2. The summed E-state index contributed by atoms with van der Waals surface area (Å²) in [7, 11) is 1.56. The number of carbonyl (C=O) groups excluding carboxylic acids is 2. The van der Waals surface area contributed by atoms with Gasteiger partial charge in [-0.3, -0.25) is 4.79 Å². The van der Waals surface area contributed by atoms with Crippen molar-refractivity contribution in [1.29, 1.82) is 0 Å². The lowest BCUT2D eigenvalue weighted by atomic mass is 10.2. The van der Waals surface area contributed by atoms with Crippen molar-refractivity contribution < 1.29 is 14.3 Å². The summed E-state index contributed by atoms with van der Waals surface area (Å²) in [5, 5.41) is 2.51. The molecule has 6 heteroatoms. The van der Waals surface area contributed by atoms with Crippen molar-refractivity contribution in [3.63, 3.8) is 0 Å². The molecule has 0 fully saturated rings. The summed E-state index contributed by atoms with van der Waals surface area (Å²) < 4.78 is 4.95. The Morgan fingerprint density at radius 3 is 2.78 bits per heavy atom. The van der Waals surface area contributed by atoms with Crippen LogP contribution in [0.15, 0.2) is 23.1 Å². The van der Waals surface area contributed by atoms with E-state index < -0.39 is 5.97 Å². The third-order valence-electron chi connectivity index (χ3n) is 2.17. The number of rotatable bonds is 5. The van der Waals surface area contributed by atoms with Gasteiger partial charge in [-0.05, 0) is 19.1 Å². The third-order valence-corrected chi connectivity index (χ3v) is 3.32. The SMILES string of the molecule is CCOC(=O)c1cccc(N)c1SCC(=O)NC. The summed E-state index contributed by atoms with van der Waals surface area (Å²) in [4.78, 5) is 23.5. The molecule has 0 aliphatic heterocycles. The number of carbonyl (C=O) groups is 2. The summed E-state index contributed by atoms with van der Waals surface area (Å²) in [6.45, 7) is 2.04. The molecular formula is C12H16N2O3S. The molecule has 0 aliphatic carbocycles. The van der Waals surface area contributed by atoms with E-state index in [-0.39, 0.29) is 11.7 Å². The monoisotopic (exact) mass is 268 g/mol. The van der Waals surface area contributed by atoms with Crippen molar-refractivity contribution in [2.45, 2.75) is 11.8 Å². The number of nitrogens with two attached hydrogens (primary N) is 1. The van der Waals surface area contributed by atoms with E-state index in [1.54, 1.807) is 32.2 Å². The number of esters is 1. The van der Waals surface area contributed by atoms with Gasteiger partial charge >= 0.3 is 5.97 Å². The van der Waals surface area contributed by atoms with Gasteiger partial charge in [0.15, 0.2) is 0 Å². The van der Waals surface area contributed by atoms with Crippen LogP contribution in [0.25, 0.3) is 0 Å². The largest absolute Gasteiger partial charge is 0.462 e. The van der Waals surface area contributed by atoms with Gasteiger partial charge in [-0.15, -0.1) is 11.8 Å². The molecular weight excluding hydrogens is 252 g/mol. The van der Waals surface area contributed by atoms with E-state index in [1.165, 1.54) is 11.8 Å². The van der Waals surface area contributed by atoms with E-state index in [2.05, 4.69) is 5.32 Å². The zero-order chi connectivity index (χ0) is 13.5. The van der Waals surface area contributed by atoms with Gasteiger partial charge in [0.2, 0.25) is 5.91 Å². The first-order valence-electron chi connectivity index (χ1n) is 5.49. The highest BCUT2D eigenvalue weighted by Crippen LogP contribution is 2.29. The van der Waals surface area contributed by atoms with Crippen molar-refractivity contribution in [1.82, 2.24) is 5.32 Å². The maximum atomic E-state index is 11.7. The van der Waals surface area contributed by atoms with Gasteiger partial charge in [0.1, 0.15) is 0 Å². The van der Waals surface area contributed by atoms with Crippen LogP contribution in [0.5, 0.6) is 0 Å². The number of nitrogens with one attached hydrogen (secondary N) is 1. The Morgan fingerprint density at radius 1 is 1.44 bits per heavy atom. The fraction of sp³-hybridized carbons (Fsp3) is 0.333. The molecule has 3 N–H and O–H groups in total. The number of hydrogen-bond acceptors (Lipinski definition) is 5. The highest BCUT2D eigenvalue weighted by Gasteiger charge is 2.16. The zero-order valence-corrected chi connectivity index (χ0v) is 11.2. The Labute approximate surface area is 110 Å². The first-order valence-corrected chi connectivity index (χ1v) is 6.47. The molecule has 98 valence electrons. The average molecular weight is 268 g/mol. The van der Waals surface area contributed by atoms with E-state index in [9.17, 15) is 9.59 Å². The van der Waals surface area contributed by atoms with E-state index in [1.807, 2.05) is 0 Å². The van der Waals surface area contributed by atoms with Crippen LogP contribution in [0.2, 0.25) is 0 Å². The van der Waals surface area contributed by atoms with E-state index >= 15 is 0 Å². The molecule has 0 unspecified atom stereocenters. The Morgan fingerprint density at radius 2 is 2.17 bits per heavy atom. The number of anilines is 1. The third kappa shape index (κ3) is 3.66. The molecule has 18 heavy (non-hydrogen) atoms. The summed E-state index contributed by atoms with van der Waals surface area (Å²) in [5.41, 5.74) is 6.68. The van der Waals surface area contributed by atoms with Gasteiger partial charge in [0.25, 0.3) is 0 Å². The molecule has 0 spiro atoms. The minimum atomic E-state index is -0.427. The lowest BCUT2D eigenvalue weighted by molar-refractivity contribution is -0.118. The van der Waals surface area contributed by atoms with Crippen LogP contribution >= 0.6 is 11.8 Å². The minimum absolute atomic E-state index is 0.127. The predicted molar refractivity (Wildman–Crippen MR) is 71.6 cm³/mol. The van der Waals surface area contributed by atoms with Crippen LogP contribution in [-0.4, -0.2) is 31.3 Å². The van der Waals surface area contributed by atoms with Crippen molar-refractivity contribution in [3.05, 3.63) is 23.8 Å². The van der Waals surface area contributed by atoms with Crippen LogP contribution in [0.4, 0.5) is 5.69 Å². The van der Waals surface area contributed by atoms with Crippen LogP contribution in [0.1, 0.15) is 17.3 Å². The molecule has 1 amide bonds. The van der Waals surface area contributed by atoms with Crippen molar-refractivity contribution >= 4 is 29.3 Å². The zero-order valence-electron chi connectivity index (χ0n) is 10.4. The van der Waals surface area contributed by atoms with E-state index in [0.29, 0.717) is 22.8 Å². The number of amides is 1. The quantitative estimate of drug-likeness (QED) is 0.477. The van der Waals surface area contributed by atoms with Crippen LogP contribution in [0, 0.1) is 0 Å². The predicted octanol–water partition coefficient (Wildman–Crippen LogP) is 1.28. The lowest BCUT2D eigenvalue weighted by Crippen LogP contribution is -2.20. The summed E-state index contributed by atoms with van der Waals surface area (Å²) >= 11 is 1.22. The molecule has 0 atom stereocenters. The Hall–Kier alpha value is -1.69. The minimum Gasteiger partial charge on any atom is -0.462 e. The van der Waals surface area contributed by atoms with Gasteiger partial charge in [-0.1, -0.05) is 6.07 Å². The van der Waals surface area contributed by atoms with Crippen LogP contribution < -0.4 is 11.1 Å². The highest BCUT2D eigenvalue weighted by molar-refractivity contribution is 8.00. The number of nitrogen functional groups attached to an aromatic ring is 1. The second-order valence-corrected chi connectivity index (χ2v) is 4.39. The molecule has 0 saturated heterocycles. The van der Waals surface area contributed by atoms with E-state index in [4.69, 9.17) is 10.5 Å². The maximum Gasteiger partial charge on any atom is 0.339 e. The van der Waals surface area contributed by atoms with Gasteiger partial charge in [0, 0.05) is 17.6 Å². The molecule has 0 bridgehead atoms. The average Bonchev–Trinajstić information content (AvgIpc) is 2.36. The second-order valence-electron chi connectivity index (χ2n) is 3.41. The van der Waals surface area contributed by atoms with Gasteiger partial charge in [-0.25, -0.2) is 4.79 Å². The standard InChI is InChI=1S/C12H16N2O3S/c1-3-17-12(16)8-5-4-6-9(13)11(8)18-7-10(15)14-2/h4-6H,3,7,13H2,1-2H3,(H,14,15). The van der Waals surface area contributed by atoms with Gasteiger partial charge < -0.3 is 15.8 Å². The fourth-order valence-corrected chi connectivity index (χ4v) is 2.26. The maximum absolute atomic E-state index is 11.7. The smallest absolute Gasteiger partial charge is 0.339 e. The Kier molecular flexibility index (Phi) is 5.51. The van der Waals surface area contributed by atoms with Crippen molar-refractivity contribution in [3.8, 4) is 0 Å². The molecule has 0 aliphatic rings. The number of thioether (sulfide) groups is 1. The van der Waals surface area contributed by atoms with E-state index in [0.717, 1.165) is 0 Å². The molecule has 1 aromatic rings. The fourth-order valence-electron chi connectivity index (χ4n) is 1.30. The first-order chi connectivity index (χ1) is 8.60. The molecule has 0 heterocycles. The molecule has 0 aromatic heterocycles. The Bertz CT molecular complexity index is 449. The summed E-state index contributed by atoms with van der Waals surface area (Å²) in [5.74, 6) is -0.348. The normalized spacial score (nSPS) is 9.89. The topological polar surface area (TPSA) is 81.4 Å². The van der Waals surface area contributed by atoms with Crippen LogP contribution in [-0.2, 0) is 9.53 Å². The van der Waals surface area contributed by atoms with Gasteiger partial charge in [-0.2, -0.15) is 0 Å².